The molecule has 0 fully saturated rings. The Morgan fingerprint density at radius 2 is 1.63 bits per heavy atom. The molecule has 1 aromatic rings. The van der Waals surface area contributed by atoms with E-state index in [1.165, 1.54) is 0 Å². The highest BCUT2D eigenvalue weighted by Crippen LogP contribution is 2.06. The Morgan fingerprint density at radius 3 is 2.20 bits per heavy atom. The van der Waals surface area contributed by atoms with Crippen molar-refractivity contribution >= 4 is 23.9 Å². The van der Waals surface area contributed by atoms with Crippen LogP contribution in [0.2, 0.25) is 0 Å². The molecule has 10 nitrogen and oxygen atoms in total. The van der Waals surface area contributed by atoms with Gasteiger partial charge in [0.1, 0.15) is 5.60 Å². The fourth-order valence-electron chi connectivity index (χ4n) is 2.25. The molecular formula is C20H32N6O4. The van der Waals surface area contributed by atoms with Crippen molar-refractivity contribution in [2.75, 3.05) is 26.7 Å². The number of hydrogen-bond acceptors (Lipinski definition) is 5. The summed E-state index contributed by atoms with van der Waals surface area (Å²) in [6, 6.07) is 6.96. The third kappa shape index (κ3) is 10.9. The van der Waals surface area contributed by atoms with Gasteiger partial charge >= 0.3 is 6.09 Å². The lowest BCUT2D eigenvalue weighted by atomic mass is 10.1. The monoisotopic (exact) mass is 420 g/mol. The van der Waals surface area contributed by atoms with Gasteiger partial charge in [-0.2, -0.15) is 0 Å². The number of guanidine groups is 1. The summed E-state index contributed by atoms with van der Waals surface area (Å²) < 4.78 is 5.17. The van der Waals surface area contributed by atoms with Crippen LogP contribution in [-0.4, -0.2) is 56.2 Å². The topological polar surface area (TPSA) is 147 Å². The Morgan fingerprint density at radius 1 is 1.00 bits per heavy atom. The number of ether oxygens (including phenoxy) is 1. The molecule has 6 N–H and O–H groups in total. The van der Waals surface area contributed by atoms with Crippen molar-refractivity contribution in [1.82, 2.24) is 21.3 Å². The number of benzene rings is 1. The number of nitrogens with zero attached hydrogens (tertiary/aromatic N) is 1. The lowest BCUT2D eigenvalue weighted by molar-refractivity contribution is -0.117. The molecule has 30 heavy (non-hydrogen) atoms. The van der Waals surface area contributed by atoms with Crippen molar-refractivity contribution in [3.63, 3.8) is 0 Å². The van der Waals surface area contributed by atoms with Gasteiger partial charge in [0.05, 0.1) is 6.54 Å². The van der Waals surface area contributed by atoms with Crippen LogP contribution in [0.4, 0.5) is 4.79 Å². The van der Waals surface area contributed by atoms with Crippen LogP contribution in [0.1, 0.15) is 43.1 Å². The molecule has 0 unspecified atom stereocenters. The molecular weight excluding hydrogens is 388 g/mol. The number of carbonyl (C=O) groups is 3. The standard InChI is InChI=1S/C20H32N6O4/c1-20(2,3)30-19(29)24-11-5-10-23-18(22-4)26-12-14-6-8-15(9-7-14)17(28)25-13-16(21)27/h6-9H,5,10-13H2,1-4H3,(H2,21,27)(H,24,29)(H,25,28)(H2,22,23,26). The van der Waals surface area contributed by atoms with Gasteiger partial charge in [-0.3, -0.25) is 14.6 Å². The van der Waals surface area contributed by atoms with E-state index in [-0.39, 0.29) is 12.5 Å². The zero-order valence-electron chi connectivity index (χ0n) is 18.0. The summed E-state index contributed by atoms with van der Waals surface area (Å²) in [4.78, 5) is 38.3. The summed E-state index contributed by atoms with van der Waals surface area (Å²) in [6.45, 7) is 6.87. The number of amides is 3. The minimum Gasteiger partial charge on any atom is -0.444 e. The highest BCUT2D eigenvalue weighted by molar-refractivity contribution is 5.96. The van der Waals surface area contributed by atoms with Crippen LogP contribution in [0.5, 0.6) is 0 Å². The van der Waals surface area contributed by atoms with E-state index in [1.54, 1.807) is 19.2 Å². The van der Waals surface area contributed by atoms with E-state index >= 15 is 0 Å². The van der Waals surface area contributed by atoms with Gasteiger partial charge in [0.15, 0.2) is 5.96 Å². The second-order valence-electron chi connectivity index (χ2n) is 7.48. The van der Waals surface area contributed by atoms with E-state index in [9.17, 15) is 14.4 Å². The normalized spacial score (nSPS) is 11.4. The molecule has 0 atom stereocenters. The van der Waals surface area contributed by atoms with Crippen LogP contribution in [0.3, 0.4) is 0 Å². The summed E-state index contributed by atoms with van der Waals surface area (Å²) in [6.07, 6.45) is 0.270. The molecule has 3 amide bonds. The van der Waals surface area contributed by atoms with E-state index in [1.807, 2.05) is 32.9 Å². The Balaban J connectivity index is 2.31. The average molecular weight is 421 g/mol. The van der Waals surface area contributed by atoms with Gasteiger partial charge in [-0.15, -0.1) is 0 Å². The maximum Gasteiger partial charge on any atom is 0.407 e. The number of rotatable bonds is 9. The van der Waals surface area contributed by atoms with E-state index in [0.29, 0.717) is 37.6 Å². The first-order valence-electron chi connectivity index (χ1n) is 9.67. The van der Waals surface area contributed by atoms with Gasteiger partial charge in [-0.05, 0) is 44.9 Å². The zero-order valence-corrected chi connectivity index (χ0v) is 18.0. The highest BCUT2D eigenvalue weighted by atomic mass is 16.6. The smallest absolute Gasteiger partial charge is 0.407 e. The second-order valence-corrected chi connectivity index (χ2v) is 7.48. The SMILES string of the molecule is CN=C(NCCCNC(=O)OC(C)(C)C)NCc1ccc(C(=O)NCC(N)=O)cc1. The highest BCUT2D eigenvalue weighted by Gasteiger charge is 2.15. The lowest BCUT2D eigenvalue weighted by Crippen LogP contribution is -2.39. The molecule has 0 aliphatic rings. The fraction of sp³-hybridized carbons (Fsp3) is 0.500. The molecule has 0 aliphatic heterocycles. The van der Waals surface area contributed by atoms with Crippen LogP contribution in [0, 0.1) is 0 Å². The molecule has 166 valence electrons. The summed E-state index contributed by atoms with van der Waals surface area (Å²) in [5.41, 5.74) is 5.89. The molecule has 0 saturated heterocycles. The van der Waals surface area contributed by atoms with E-state index in [0.717, 1.165) is 5.56 Å². The Labute approximate surface area is 177 Å². The maximum absolute atomic E-state index is 11.9. The predicted molar refractivity (Wildman–Crippen MR) is 115 cm³/mol. The van der Waals surface area contributed by atoms with Crippen LogP contribution in [-0.2, 0) is 16.1 Å². The van der Waals surface area contributed by atoms with Gasteiger partial charge in [0.25, 0.3) is 5.91 Å². The zero-order chi connectivity index (χ0) is 22.6. The number of nitrogens with one attached hydrogen (secondary N) is 4. The van der Waals surface area contributed by atoms with Crippen molar-refractivity contribution in [3.05, 3.63) is 35.4 Å². The molecule has 0 radical (unpaired) electrons. The first-order valence-corrected chi connectivity index (χ1v) is 9.67. The van der Waals surface area contributed by atoms with Gasteiger partial charge < -0.3 is 31.7 Å². The van der Waals surface area contributed by atoms with E-state index in [4.69, 9.17) is 10.5 Å². The maximum atomic E-state index is 11.9. The molecule has 0 bridgehead atoms. The van der Waals surface area contributed by atoms with Crippen LogP contribution < -0.4 is 27.0 Å². The number of hydrogen-bond donors (Lipinski definition) is 5. The molecule has 0 aromatic heterocycles. The van der Waals surface area contributed by atoms with E-state index in [2.05, 4.69) is 26.3 Å². The van der Waals surface area contributed by atoms with Gasteiger partial charge in [-0.1, -0.05) is 12.1 Å². The Hall–Kier alpha value is -3.30. The average Bonchev–Trinajstić information content (AvgIpc) is 2.67. The van der Waals surface area contributed by atoms with Gasteiger partial charge in [0, 0.05) is 32.2 Å². The molecule has 0 saturated carbocycles. The van der Waals surface area contributed by atoms with Crippen molar-refractivity contribution in [2.24, 2.45) is 10.7 Å². The Bertz CT molecular complexity index is 741. The lowest BCUT2D eigenvalue weighted by Gasteiger charge is -2.19. The van der Waals surface area contributed by atoms with Crippen molar-refractivity contribution < 1.29 is 19.1 Å². The third-order valence-electron chi connectivity index (χ3n) is 3.64. The summed E-state index contributed by atoms with van der Waals surface area (Å²) in [7, 11) is 1.67. The van der Waals surface area contributed by atoms with Crippen molar-refractivity contribution in [2.45, 2.75) is 39.3 Å². The number of aliphatic imine (C=N–C) groups is 1. The summed E-state index contributed by atoms with van der Waals surface area (Å²) in [5, 5.41) is 11.5. The quantitative estimate of drug-likeness (QED) is 0.223. The predicted octanol–water partition coefficient (Wildman–Crippen LogP) is 0.482. The first-order chi connectivity index (χ1) is 14.1. The van der Waals surface area contributed by atoms with Gasteiger partial charge in [-0.25, -0.2) is 4.79 Å². The van der Waals surface area contributed by atoms with Crippen molar-refractivity contribution in [1.29, 1.82) is 0 Å². The summed E-state index contributed by atoms with van der Waals surface area (Å²) >= 11 is 0. The Kier molecular flexibility index (Phi) is 10.1. The molecule has 0 heterocycles. The summed E-state index contributed by atoms with van der Waals surface area (Å²) in [5.74, 6) is -0.329. The minimum absolute atomic E-state index is 0.197. The fourth-order valence-corrected chi connectivity index (χ4v) is 2.25. The minimum atomic E-state index is -0.594. The van der Waals surface area contributed by atoms with Crippen LogP contribution in [0.25, 0.3) is 0 Å². The molecule has 1 rings (SSSR count). The largest absolute Gasteiger partial charge is 0.444 e. The number of primary amides is 1. The number of carbonyl (C=O) groups excluding carboxylic acids is 3. The van der Waals surface area contributed by atoms with Crippen molar-refractivity contribution in [3.8, 4) is 0 Å². The number of nitrogens with two attached hydrogens (primary N) is 1. The van der Waals surface area contributed by atoms with Crippen LogP contribution in [0.15, 0.2) is 29.3 Å². The second kappa shape index (κ2) is 12.3. The molecule has 0 aliphatic carbocycles. The molecule has 0 spiro atoms. The van der Waals surface area contributed by atoms with E-state index < -0.39 is 17.6 Å². The van der Waals surface area contributed by atoms with Crippen LogP contribution >= 0.6 is 0 Å². The third-order valence-corrected chi connectivity index (χ3v) is 3.64. The van der Waals surface area contributed by atoms with Gasteiger partial charge in [0.2, 0.25) is 5.91 Å². The molecule has 10 heteroatoms. The number of alkyl carbamates (subject to hydrolysis) is 1. The first kappa shape index (κ1) is 24.7. The molecule has 1 aromatic carbocycles.